The van der Waals surface area contributed by atoms with Gasteiger partial charge in [-0.3, -0.25) is 0 Å². The number of benzene rings is 1. The third-order valence-electron chi connectivity index (χ3n) is 4.18. The average molecular weight is 252 g/mol. The standard InChI is InChI=1S/C14H14N2.C3H6/c1-10-6-14(7-10)12-5-3-2-4-11(12)13-8-15-9-16(13)14;1-3-2/h2-5,8-10H,6-7H2,1H3;3H,1H2,2H3. The Kier molecular flexibility index (Phi) is 2.81. The van der Waals surface area contributed by atoms with E-state index in [1.165, 1.54) is 29.7 Å². The van der Waals surface area contributed by atoms with Crippen LogP contribution in [0.3, 0.4) is 0 Å². The van der Waals surface area contributed by atoms with Crippen molar-refractivity contribution in [2.24, 2.45) is 5.92 Å². The van der Waals surface area contributed by atoms with Crippen LogP contribution in [0.1, 0.15) is 32.3 Å². The molecule has 1 spiro atoms. The predicted molar refractivity (Wildman–Crippen MR) is 79.0 cm³/mol. The molecule has 4 rings (SSSR count). The number of aromatic nitrogens is 2. The van der Waals surface area contributed by atoms with Gasteiger partial charge in [-0.15, -0.1) is 6.58 Å². The normalized spacial score (nSPS) is 25.9. The van der Waals surface area contributed by atoms with Crippen molar-refractivity contribution in [1.29, 1.82) is 0 Å². The van der Waals surface area contributed by atoms with Crippen molar-refractivity contribution < 1.29 is 0 Å². The molecule has 98 valence electrons. The molecule has 0 bridgehead atoms. The van der Waals surface area contributed by atoms with E-state index >= 15 is 0 Å². The van der Waals surface area contributed by atoms with Gasteiger partial charge in [-0.05, 0) is 31.2 Å². The Morgan fingerprint density at radius 2 is 2.05 bits per heavy atom. The largest absolute Gasteiger partial charge is 0.320 e. The molecule has 1 aromatic carbocycles. The fraction of sp³-hybridized carbons (Fsp3) is 0.353. The van der Waals surface area contributed by atoms with Crippen molar-refractivity contribution in [2.75, 3.05) is 0 Å². The van der Waals surface area contributed by atoms with Crippen LogP contribution in [-0.4, -0.2) is 9.55 Å². The second-order valence-electron chi connectivity index (χ2n) is 5.65. The van der Waals surface area contributed by atoms with Crippen molar-refractivity contribution in [3.63, 3.8) is 0 Å². The second-order valence-corrected chi connectivity index (χ2v) is 5.65. The van der Waals surface area contributed by atoms with Gasteiger partial charge in [-0.1, -0.05) is 37.3 Å². The molecule has 1 fully saturated rings. The van der Waals surface area contributed by atoms with Crippen LogP contribution in [0.25, 0.3) is 11.3 Å². The maximum absolute atomic E-state index is 4.31. The van der Waals surface area contributed by atoms with Gasteiger partial charge in [0.2, 0.25) is 0 Å². The number of rotatable bonds is 0. The van der Waals surface area contributed by atoms with Crippen LogP contribution in [0.2, 0.25) is 0 Å². The van der Waals surface area contributed by atoms with Gasteiger partial charge in [0.15, 0.2) is 0 Å². The summed E-state index contributed by atoms with van der Waals surface area (Å²) >= 11 is 0. The Morgan fingerprint density at radius 1 is 1.37 bits per heavy atom. The van der Waals surface area contributed by atoms with Crippen LogP contribution in [-0.2, 0) is 5.54 Å². The minimum Gasteiger partial charge on any atom is -0.320 e. The average Bonchev–Trinajstić information content (AvgIpc) is 2.92. The quantitative estimate of drug-likeness (QED) is 0.642. The number of nitrogens with zero attached hydrogens (tertiary/aromatic N) is 2. The lowest BCUT2D eigenvalue weighted by Gasteiger charge is -2.45. The van der Waals surface area contributed by atoms with Crippen LogP contribution >= 0.6 is 0 Å². The van der Waals surface area contributed by atoms with Crippen LogP contribution in [0, 0.1) is 5.92 Å². The first-order chi connectivity index (χ1) is 9.23. The molecule has 0 radical (unpaired) electrons. The Bertz CT molecular complexity index is 603. The van der Waals surface area contributed by atoms with E-state index < -0.39 is 0 Å². The van der Waals surface area contributed by atoms with Gasteiger partial charge in [0.25, 0.3) is 0 Å². The zero-order chi connectivity index (χ0) is 13.5. The predicted octanol–water partition coefficient (Wildman–Crippen LogP) is 4.23. The monoisotopic (exact) mass is 252 g/mol. The van der Waals surface area contributed by atoms with Gasteiger partial charge in [0.1, 0.15) is 0 Å². The summed E-state index contributed by atoms with van der Waals surface area (Å²) in [7, 11) is 0. The van der Waals surface area contributed by atoms with Crippen molar-refractivity contribution in [2.45, 2.75) is 32.2 Å². The third-order valence-corrected chi connectivity index (χ3v) is 4.18. The molecule has 0 saturated heterocycles. The summed E-state index contributed by atoms with van der Waals surface area (Å²) in [5.41, 5.74) is 4.42. The maximum atomic E-state index is 4.31. The summed E-state index contributed by atoms with van der Waals surface area (Å²) in [5, 5.41) is 0. The highest BCUT2D eigenvalue weighted by Gasteiger charge is 2.50. The lowest BCUT2D eigenvalue weighted by Crippen LogP contribution is -2.43. The molecule has 0 amide bonds. The Hall–Kier alpha value is -1.83. The molecule has 1 aliphatic heterocycles. The summed E-state index contributed by atoms with van der Waals surface area (Å²) in [5.74, 6) is 0.835. The molecular weight excluding hydrogens is 232 g/mol. The van der Waals surface area contributed by atoms with Gasteiger partial charge in [0.05, 0.1) is 23.8 Å². The van der Waals surface area contributed by atoms with Gasteiger partial charge < -0.3 is 4.57 Å². The minimum atomic E-state index is 0.238. The van der Waals surface area contributed by atoms with E-state index in [-0.39, 0.29) is 5.54 Å². The molecule has 2 aliphatic rings. The van der Waals surface area contributed by atoms with Crippen molar-refractivity contribution in [3.05, 3.63) is 55.0 Å². The van der Waals surface area contributed by atoms with Crippen LogP contribution < -0.4 is 0 Å². The molecule has 19 heavy (non-hydrogen) atoms. The summed E-state index contributed by atoms with van der Waals surface area (Å²) in [6.07, 6.45) is 8.26. The van der Waals surface area contributed by atoms with Crippen LogP contribution in [0.15, 0.2) is 49.4 Å². The van der Waals surface area contributed by atoms with Crippen LogP contribution in [0.4, 0.5) is 0 Å². The van der Waals surface area contributed by atoms with E-state index in [1.807, 2.05) is 19.4 Å². The highest BCUT2D eigenvalue weighted by atomic mass is 15.2. The number of hydrogen-bond acceptors (Lipinski definition) is 1. The molecule has 0 N–H and O–H groups in total. The first kappa shape index (κ1) is 12.2. The lowest BCUT2D eigenvalue weighted by molar-refractivity contribution is 0.130. The fourth-order valence-corrected chi connectivity index (χ4v) is 3.59. The SMILES string of the molecule is C=CC.CC1CC2(C1)c1ccccc1-c1cncn12. The summed E-state index contributed by atoms with van der Waals surface area (Å²) in [4.78, 5) is 4.31. The Labute approximate surface area is 114 Å². The number of allylic oxidation sites excluding steroid dienone is 1. The topological polar surface area (TPSA) is 17.8 Å². The Morgan fingerprint density at radius 3 is 2.74 bits per heavy atom. The molecular formula is C17H20N2. The maximum Gasteiger partial charge on any atom is 0.0959 e. The molecule has 2 heterocycles. The zero-order valence-electron chi connectivity index (χ0n) is 11.6. The first-order valence-corrected chi connectivity index (χ1v) is 6.92. The van der Waals surface area contributed by atoms with Gasteiger partial charge in [-0.2, -0.15) is 0 Å². The van der Waals surface area contributed by atoms with E-state index in [2.05, 4.69) is 47.3 Å². The van der Waals surface area contributed by atoms with E-state index in [0.717, 1.165) is 5.92 Å². The Balaban J connectivity index is 0.000000339. The van der Waals surface area contributed by atoms with Crippen LogP contribution in [0.5, 0.6) is 0 Å². The molecule has 1 aromatic heterocycles. The molecule has 1 saturated carbocycles. The van der Waals surface area contributed by atoms with Crippen molar-refractivity contribution in [1.82, 2.24) is 9.55 Å². The second kappa shape index (κ2) is 4.37. The minimum absolute atomic E-state index is 0.238. The fourth-order valence-electron chi connectivity index (χ4n) is 3.59. The molecule has 0 unspecified atom stereocenters. The highest BCUT2D eigenvalue weighted by molar-refractivity contribution is 5.71. The van der Waals surface area contributed by atoms with E-state index in [4.69, 9.17) is 0 Å². The van der Waals surface area contributed by atoms with Crippen molar-refractivity contribution in [3.8, 4) is 11.3 Å². The summed E-state index contributed by atoms with van der Waals surface area (Å²) in [6, 6.07) is 8.79. The number of hydrogen-bond donors (Lipinski definition) is 0. The zero-order valence-corrected chi connectivity index (χ0v) is 11.6. The highest BCUT2D eigenvalue weighted by Crippen LogP contribution is 2.56. The van der Waals surface area contributed by atoms with Gasteiger partial charge in [-0.25, -0.2) is 4.98 Å². The van der Waals surface area contributed by atoms with Crippen molar-refractivity contribution >= 4 is 0 Å². The molecule has 2 aromatic rings. The summed E-state index contributed by atoms with van der Waals surface area (Å²) in [6.45, 7) is 7.59. The van der Waals surface area contributed by atoms with E-state index in [9.17, 15) is 0 Å². The lowest BCUT2D eigenvalue weighted by atomic mass is 9.66. The van der Waals surface area contributed by atoms with E-state index in [0.29, 0.717) is 0 Å². The first-order valence-electron chi connectivity index (χ1n) is 6.92. The molecule has 2 nitrogen and oxygen atoms in total. The van der Waals surface area contributed by atoms with E-state index in [1.54, 1.807) is 6.08 Å². The smallest absolute Gasteiger partial charge is 0.0959 e. The third kappa shape index (κ3) is 1.59. The molecule has 2 heteroatoms. The number of imidazole rings is 1. The molecule has 0 atom stereocenters. The summed E-state index contributed by atoms with van der Waals surface area (Å²) < 4.78 is 2.39. The van der Waals surface area contributed by atoms with Gasteiger partial charge >= 0.3 is 0 Å². The van der Waals surface area contributed by atoms with Gasteiger partial charge in [0, 0.05) is 5.56 Å². The number of fused-ring (bicyclic) bond motifs is 5. The molecule has 1 aliphatic carbocycles.